The minimum Gasteiger partial charge on any atom is -0.477 e. The van der Waals surface area contributed by atoms with E-state index >= 15 is 0 Å². The molecular formula is C59H96N4O45. The lowest BCUT2D eigenvalue weighted by molar-refractivity contribution is -0.403. The van der Waals surface area contributed by atoms with Gasteiger partial charge in [0.1, 0.15) is 153 Å². The van der Waals surface area contributed by atoms with Crippen LogP contribution in [0.3, 0.4) is 0 Å². The number of carboxylic acid groups (broad SMARTS) is 3. The molecule has 108 heavy (non-hydrogen) atoms. The predicted octanol–water partition coefficient (Wildman–Crippen LogP) is -18.1. The van der Waals surface area contributed by atoms with Crippen LogP contribution in [0.5, 0.6) is 0 Å². The summed E-state index contributed by atoms with van der Waals surface area (Å²) in [6, 6.07) is -8.21. The first-order chi connectivity index (χ1) is 50.6. The number of hydrogen-bond donors (Lipinski definition) is 29. The Morgan fingerprint density at radius 3 is 1.16 bits per heavy atom. The van der Waals surface area contributed by atoms with Crippen LogP contribution >= 0.6 is 0 Å². The van der Waals surface area contributed by atoms with Crippen LogP contribution in [-0.2, 0) is 95.1 Å². The molecule has 7 fully saturated rings. The molecule has 0 saturated carbocycles. The number of amides is 4. The first kappa shape index (κ1) is 90.1. The van der Waals surface area contributed by atoms with Gasteiger partial charge in [0, 0.05) is 47.0 Å². The second-order valence-corrected chi connectivity index (χ2v) is 26.8. The van der Waals surface area contributed by atoms with E-state index in [9.17, 15) is 161 Å². The summed E-state index contributed by atoms with van der Waals surface area (Å²) in [5.41, 5.74) is 0. The Labute approximate surface area is 609 Å². The van der Waals surface area contributed by atoms with E-state index in [1.165, 1.54) is 0 Å². The third-order valence-electron chi connectivity index (χ3n) is 19.1. The minimum atomic E-state index is -3.77. The van der Waals surface area contributed by atoms with Crippen molar-refractivity contribution in [3.05, 3.63) is 0 Å². The van der Waals surface area contributed by atoms with E-state index in [1.807, 2.05) is 0 Å². The van der Waals surface area contributed by atoms with Gasteiger partial charge in [0.05, 0.1) is 82.7 Å². The summed E-state index contributed by atoms with van der Waals surface area (Å²) >= 11 is 0. The normalized spacial score (nSPS) is 43.4. The number of ether oxygens (including phenoxy) is 13. The molecule has 7 aliphatic rings. The largest absolute Gasteiger partial charge is 0.477 e. The van der Waals surface area contributed by atoms with Crippen LogP contribution < -0.4 is 21.3 Å². The first-order valence-electron chi connectivity index (χ1n) is 33.5. The summed E-state index contributed by atoms with van der Waals surface area (Å²) in [6.45, 7) is -6.00. The van der Waals surface area contributed by atoms with E-state index in [1.54, 1.807) is 0 Å². The van der Waals surface area contributed by atoms with E-state index in [-0.39, 0.29) is 0 Å². The molecule has 0 spiro atoms. The summed E-state index contributed by atoms with van der Waals surface area (Å²) in [4.78, 5) is 92.3. The Morgan fingerprint density at radius 2 is 0.741 bits per heavy atom. The van der Waals surface area contributed by atoms with Gasteiger partial charge in [0.15, 0.2) is 25.2 Å². The van der Waals surface area contributed by atoms with Crippen molar-refractivity contribution in [1.29, 1.82) is 0 Å². The van der Waals surface area contributed by atoms with Crippen molar-refractivity contribution in [2.45, 2.75) is 278 Å². The molecule has 0 radical (unpaired) electrons. The molecule has 7 heterocycles. The summed E-state index contributed by atoms with van der Waals surface area (Å²) in [6.07, 6.45) is -76.9. The Bertz CT molecular complexity index is 3010. The van der Waals surface area contributed by atoms with Gasteiger partial charge >= 0.3 is 17.9 Å². The van der Waals surface area contributed by atoms with Crippen molar-refractivity contribution < 1.29 is 223 Å². The predicted molar refractivity (Wildman–Crippen MR) is 330 cm³/mol. The molecule has 7 saturated heterocycles. The minimum absolute atomic E-state index is 0.793. The third kappa shape index (κ3) is 19.4. The molecule has 38 atom stereocenters. The van der Waals surface area contributed by atoms with Gasteiger partial charge in [-0.2, -0.15) is 0 Å². The van der Waals surface area contributed by atoms with Gasteiger partial charge in [-0.25, -0.2) is 14.4 Å². The third-order valence-corrected chi connectivity index (χ3v) is 19.1. The zero-order valence-electron chi connectivity index (χ0n) is 57.6. The van der Waals surface area contributed by atoms with Gasteiger partial charge in [-0.1, -0.05) is 0 Å². The van der Waals surface area contributed by atoms with E-state index < -0.39 is 339 Å². The Morgan fingerprint density at radius 1 is 0.380 bits per heavy atom. The van der Waals surface area contributed by atoms with Crippen LogP contribution in [0.1, 0.15) is 47.0 Å². The van der Waals surface area contributed by atoms with Crippen molar-refractivity contribution in [2.24, 2.45) is 0 Å². The summed E-state index contributed by atoms with van der Waals surface area (Å²) in [7, 11) is 0. The van der Waals surface area contributed by atoms with Gasteiger partial charge in [-0.3, -0.25) is 19.2 Å². The molecule has 622 valence electrons. The molecule has 29 N–H and O–H groups in total. The van der Waals surface area contributed by atoms with Gasteiger partial charge in [0.2, 0.25) is 23.6 Å². The van der Waals surface area contributed by atoms with Crippen molar-refractivity contribution in [2.75, 3.05) is 46.2 Å². The van der Waals surface area contributed by atoms with Gasteiger partial charge in [-0.15, -0.1) is 0 Å². The van der Waals surface area contributed by atoms with Crippen molar-refractivity contribution in [1.82, 2.24) is 21.3 Å². The molecule has 49 heteroatoms. The zero-order chi connectivity index (χ0) is 80.8. The number of carboxylic acids is 3. The number of hydrogen-bond acceptors (Lipinski definition) is 42. The molecular weight excluding hydrogens is 1480 g/mol. The summed E-state index contributed by atoms with van der Waals surface area (Å²) < 4.78 is 75.3. The molecule has 0 aromatic heterocycles. The molecule has 0 unspecified atom stereocenters. The van der Waals surface area contributed by atoms with Crippen LogP contribution in [0.15, 0.2) is 0 Å². The lowest BCUT2D eigenvalue weighted by atomic mass is 9.86. The fourth-order valence-electron chi connectivity index (χ4n) is 13.7. The highest BCUT2D eigenvalue weighted by atomic mass is 16.8. The van der Waals surface area contributed by atoms with Gasteiger partial charge in [0.25, 0.3) is 17.4 Å². The molecule has 7 rings (SSSR count). The van der Waals surface area contributed by atoms with Crippen LogP contribution in [0.25, 0.3) is 0 Å². The molecule has 0 aromatic carbocycles. The molecule has 7 aliphatic heterocycles. The van der Waals surface area contributed by atoms with E-state index in [4.69, 9.17) is 61.6 Å². The molecule has 0 aliphatic carbocycles. The fraction of sp³-hybridized carbons (Fsp3) is 0.881. The monoisotopic (exact) mass is 1580 g/mol. The number of nitrogens with one attached hydrogen (secondary N) is 4. The van der Waals surface area contributed by atoms with E-state index in [0.29, 0.717) is 0 Å². The number of rotatable bonds is 32. The highest BCUT2D eigenvalue weighted by molar-refractivity contribution is 5.78. The molecule has 0 aromatic rings. The smallest absolute Gasteiger partial charge is 0.364 e. The quantitative estimate of drug-likeness (QED) is 0.0297. The maximum atomic E-state index is 14.2. The number of aliphatic hydroxyl groups is 22. The van der Waals surface area contributed by atoms with Gasteiger partial charge in [-0.05, 0) is 0 Å². The van der Waals surface area contributed by atoms with Crippen LogP contribution in [0, 0.1) is 0 Å². The lowest BCUT2D eigenvalue weighted by Crippen LogP contribution is -2.73. The van der Waals surface area contributed by atoms with Crippen LogP contribution in [-0.4, -0.2) is 447 Å². The molecule has 49 nitrogen and oxygen atoms in total. The maximum Gasteiger partial charge on any atom is 0.364 e. The van der Waals surface area contributed by atoms with Crippen LogP contribution in [0.4, 0.5) is 0 Å². The Hall–Kier alpha value is -5.11. The second-order valence-electron chi connectivity index (χ2n) is 26.8. The maximum absolute atomic E-state index is 14.2. The van der Waals surface area contributed by atoms with Crippen LogP contribution in [0.2, 0.25) is 0 Å². The summed E-state index contributed by atoms with van der Waals surface area (Å²) in [5.74, 6) is -22.1. The highest BCUT2D eigenvalue weighted by Crippen LogP contribution is 2.44. The highest BCUT2D eigenvalue weighted by Gasteiger charge is 2.65. The summed E-state index contributed by atoms with van der Waals surface area (Å²) in [5, 5.41) is 285. The standard InChI is InChI=1S/C59H96N4O45/c1-15(71)60-29-19(75)5-57(54(90)91,105-46(29)33(79)22(78)8-64)103-25(11-67)36(82)47-30(61-16(2)72)20(76)6-58(106-47,55(92)93)104-26(12-68)37(83)48-31(62-17(3)73)21(77)7-59(107-48,56(94)95)108-49-42(88)53(100-43-27(13-69)96-50(89)40(86)39(43)85)99-28(14-70)44(49)101-51-32(63-18(4)74)45(35(81)24(10-66)97-51)102-52-41(87)38(84)34(80)23(9-65)98-52/h19-53,64-70,75-89H,5-14H2,1-4H3,(H,60,71)(H,61,72)(H,62,73)(H,63,74)(H,90,91)(H,92,93)(H,94,95)/t19-,20-,21-,22+,23+,24+,25+,26+,27+,28+,29+,30+,31+,32+,33+,34-,35-,36+,37+,38-,39-,40+,41+,42+,43+,44-,45+,46+,47+,48+,49+,50+,51-,52-,53-,57+,58+,59-/m0/s1. The van der Waals surface area contributed by atoms with Gasteiger partial charge < -0.3 is 211 Å². The first-order valence-corrected chi connectivity index (χ1v) is 33.5. The van der Waals surface area contributed by atoms with E-state index in [2.05, 4.69) is 21.3 Å². The van der Waals surface area contributed by atoms with E-state index in [0.717, 1.165) is 27.7 Å². The molecule has 4 amide bonds. The number of aliphatic carboxylic acids is 3. The van der Waals surface area contributed by atoms with Crippen molar-refractivity contribution in [3.8, 4) is 0 Å². The second kappa shape index (κ2) is 37.7. The Kier molecular flexibility index (Phi) is 31.4. The fourth-order valence-corrected chi connectivity index (χ4v) is 13.7. The molecule has 0 bridgehead atoms. The lowest BCUT2D eigenvalue weighted by Gasteiger charge is -2.53. The zero-order valence-corrected chi connectivity index (χ0v) is 57.6. The number of aliphatic hydroxyl groups excluding tert-OH is 22. The number of carbonyl (C=O) groups excluding carboxylic acids is 4. The Balaban J connectivity index is 1.30. The van der Waals surface area contributed by atoms with Crippen molar-refractivity contribution in [3.63, 3.8) is 0 Å². The topological polar surface area (TPSA) is 793 Å². The number of carbonyl (C=O) groups is 7. The average Bonchev–Trinajstić information content (AvgIpc) is 0.650. The SMILES string of the molecule is CC(=O)N[C@H]1[C@H](O[C@@H]2[C@H](O[C@]3(C(=O)O)C[C@H](O)[C@@H](NC(C)=O)[C@H]([C@H](O)[C@@H](CO)O[C@]4(C(=O)O)C[C@H](O)[C@@H](NC(C)=O)[C@H]([C@H](O)[C@@H](CO)O[C@]5(C(=O)O)C[C@H](O)[C@@H](NC(C)=O)[C@H]([C@H](O)[C@H](O)CO)O5)O4)O3)[C@@H](O)[C@H](O[C@H]3[C@@H](O)[C@@H](O)[C@H](O)O[C@@H]3CO)O[C@@H]2CO)O[C@H](CO)[C@H](O)[C@@H]1O[C@@H]1O[C@H](CO)[C@H](O)[C@H](O)[C@H]1O. The van der Waals surface area contributed by atoms with Crippen molar-refractivity contribution >= 4 is 41.5 Å². The average molecular weight is 1580 g/mol.